The lowest BCUT2D eigenvalue weighted by Gasteiger charge is -2.35. The summed E-state index contributed by atoms with van der Waals surface area (Å²) >= 11 is 0. The van der Waals surface area contributed by atoms with E-state index in [2.05, 4.69) is 25.1 Å². The normalized spacial score (nSPS) is 15.4. The zero-order chi connectivity index (χ0) is 26.3. The summed E-state index contributed by atoms with van der Waals surface area (Å²) in [6.07, 6.45) is 4.29. The summed E-state index contributed by atoms with van der Waals surface area (Å²) in [4.78, 5) is 16.7. The minimum absolute atomic E-state index is 0.0415. The first kappa shape index (κ1) is 27.3. The van der Waals surface area contributed by atoms with E-state index >= 15 is 0 Å². The van der Waals surface area contributed by atoms with Crippen molar-refractivity contribution < 1.29 is 22.2 Å². The Labute approximate surface area is 212 Å². The third-order valence-corrected chi connectivity index (χ3v) is 6.60. The van der Waals surface area contributed by atoms with Crippen LogP contribution in [0.3, 0.4) is 0 Å². The molecule has 0 bridgehead atoms. The van der Waals surface area contributed by atoms with Crippen molar-refractivity contribution in [3.8, 4) is 0 Å². The van der Waals surface area contributed by atoms with Crippen LogP contribution >= 0.6 is 0 Å². The lowest BCUT2D eigenvalue weighted by Crippen LogP contribution is -2.42. The quantitative estimate of drug-likeness (QED) is 0.392. The molecule has 6 nitrogen and oxygen atoms in total. The number of halogens is 1. The minimum atomic E-state index is -4.02. The van der Waals surface area contributed by atoms with E-state index in [4.69, 9.17) is 4.55 Å². The molecule has 0 spiro atoms. The average molecular weight is 511 g/mol. The Hall–Kier alpha value is -3.33. The smallest absolute Gasteiger partial charge is 0.294 e. The van der Waals surface area contributed by atoms with Crippen LogP contribution in [0.1, 0.15) is 16.7 Å². The molecule has 1 N–H and O–H groups in total. The van der Waals surface area contributed by atoms with Crippen LogP contribution in [0.15, 0.2) is 83.8 Å². The Morgan fingerprint density at radius 1 is 1.06 bits per heavy atom. The minimum Gasteiger partial charge on any atom is -0.309 e. The first-order chi connectivity index (χ1) is 17.0. The molecule has 0 aromatic heterocycles. The molecule has 0 fully saturated rings. The summed E-state index contributed by atoms with van der Waals surface area (Å²) in [6, 6.07) is 20.2. The van der Waals surface area contributed by atoms with Gasteiger partial charge >= 0.3 is 0 Å². The third kappa shape index (κ3) is 7.84. The van der Waals surface area contributed by atoms with Crippen molar-refractivity contribution in [1.29, 1.82) is 0 Å². The fraction of sp³-hybridized carbons (Fsp3) is 0.250. The molecule has 1 heterocycles. The van der Waals surface area contributed by atoms with Crippen LogP contribution in [0.2, 0.25) is 0 Å². The fourth-order valence-electron chi connectivity index (χ4n) is 4.07. The van der Waals surface area contributed by atoms with Gasteiger partial charge in [-0.05, 0) is 80.9 Å². The van der Waals surface area contributed by atoms with Gasteiger partial charge in [0.25, 0.3) is 16.0 Å². The van der Waals surface area contributed by atoms with Crippen LogP contribution < -0.4 is 4.90 Å². The number of fused-ring (bicyclic) bond motifs is 1. The molecule has 1 atom stereocenters. The van der Waals surface area contributed by atoms with Crippen molar-refractivity contribution in [3.63, 3.8) is 0 Å². The molecule has 0 saturated carbocycles. The maximum atomic E-state index is 13.0. The van der Waals surface area contributed by atoms with Crippen LogP contribution in [0.4, 0.5) is 10.1 Å². The average Bonchev–Trinajstić information content (AvgIpc) is 2.83. The lowest BCUT2D eigenvalue weighted by molar-refractivity contribution is -0.114. The van der Waals surface area contributed by atoms with Gasteiger partial charge in [0, 0.05) is 24.9 Å². The number of amides is 1. The van der Waals surface area contributed by atoms with Crippen molar-refractivity contribution in [2.45, 2.75) is 18.2 Å². The summed E-state index contributed by atoms with van der Waals surface area (Å²) in [5, 5.41) is 0. The van der Waals surface area contributed by atoms with Crippen molar-refractivity contribution in [2.75, 3.05) is 32.1 Å². The number of hydrogen-bond acceptors (Lipinski definition) is 4. The molecule has 1 aliphatic rings. The van der Waals surface area contributed by atoms with Crippen LogP contribution in [0, 0.1) is 18.7 Å². The lowest BCUT2D eigenvalue weighted by atomic mass is 9.92. The third-order valence-electron chi connectivity index (χ3n) is 5.73. The van der Waals surface area contributed by atoms with Gasteiger partial charge in [-0.15, -0.1) is 0 Å². The Kier molecular flexibility index (Phi) is 9.14. The summed E-state index contributed by atoms with van der Waals surface area (Å²) in [6.45, 7) is 3.50. The van der Waals surface area contributed by atoms with Gasteiger partial charge in [0.2, 0.25) is 0 Å². The second-order valence-corrected chi connectivity index (χ2v) is 10.5. The molecule has 1 aliphatic heterocycles. The highest BCUT2D eigenvalue weighted by molar-refractivity contribution is 7.85. The molecule has 3 aromatic rings. The molecule has 8 heteroatoms. The molecule has 36 heavy (non-hydrogen) atoms. The fourth-order valence-corrected chi connectivity index (χ4v) is 4.55. The number of carbonyl (C=O) groups is 1. The number of benzene rings is 3. The molecule has 4 rings (SSSR count). The molecule has 0 radical (unpaired) electrons. The van der Waals surface area contributed by atoms with Gasteiger partial charge in [0.05, 0.1) is 4.90 Å². The summed E-state index contributed by atoms with van der Waals surface area (Å²) in [5.41, 5.74) is 3.97. The maximum Gasteiger partial charge on any atom is 0.294 e. The summed E-state index contributed by atoms with van der Waals surface area (Å²) in [7, 11) is 0.0937. The molecule has 1 unspecified atom stereocenters. The number of aryl methyl sites for hydroxylation is 1. The predicted molar refractivity (Wildman–Crippen MR) is 141 cm³/mol. The molecule has 0 aliphatic carbocycles. The van der Waals surface area contributed by atoms with Gasteiger partial charge in [-0.3, -0.25) is 9.35 Å². The van der Waals surface area contributed by atoms with Crippen LogP contribution in [-0.4, -0.2) is 51.0 Å². The first-order valence-electron chi connectivity index (χ1n) is 11.5. The number of carbonyl (C=O) groups excluding carboxylic acids is 1. The van der Waals surface area contributed by atoms with Gasteiger partial charge in [-0.25, -0.2) is 4.39 Å². The largest absolute Gasteiger partial charge is 0.309 e. The molecular formula is C28H31FN2O4S. The Morgan fingerprint density at radius 2 is 1.69 bits per heavy atom. The van der Waals surface area contributed by atoms with Crippen molar-refractivity contribution in [3.05, 3.63) is 101 Å². The zero-order valence-electron chi connectivity index (χ0n) is 20.6. The SMILES string of the molecule is CN(C)CC1Cc2ccccc2N(C(=O)/C=C/c2ccc(F)cc2)C1.Cc1ccc(S(=O)(=O)O)cc1. The van der Waals surface area contributed by atoms with E-state index in [-0.39, 0.29) is 16.6 Å². The predicted octanol–water partition coefficient (Wildman–Crippen LogP) is 4.85. The topological polar surface area (TPSA) is 77.9 Å². The van der Waals surface area contributed by atoms with E-state index in [9.17, 15) is 17.6 Å². The van der Waals surface area contributed by atoms with Crippen molar-refractivity contribution in [2.24, 2.45) is 5.92 Å². The second kappa shape index (κ2) is 12.1. The molecule has 1 amide bonds. The summed E-state index contributed by atoms with van der Waals surface area (Å²) < 4.78 is 42.5. The van der Waals surface area contributed by atoms with Gasteiger partial charge in [0.1, 0.15) is 5.82 Å². The Balaban J connectivity index is 0.000000275. The summed E-state index contributed by atoms with van der Waals surface area (Å²) in [5.74, 6) is 0.0910. The Bertz CT molecular complexity index is 1300. The molecule has 0 saturated heterocycles. The number of anilines is 1. The van der Waals surface area contributed by atoms with Crippen LogP contribution in [-0.2, 0) is 21.3 Å². The standard InChI is InChI=1S/C21H23FN2O.C7H8O3S/c1-23(2)14-17-13-18-5-3-4-6-20(18)24(15-17)21(25)12-9-16-7-10-19(22)11-8-16;1-6-2-4-7(5-3-6)11(8,9)10/h3-12,17H,13-15H2,1-2H3;2-5H,1H3,(H,8,9,10)/b12-9+;. The van der Waals surface area contributed by atoms with E-state index in [1.165, 1.54) is 29.8 Å². The first-order valence-corrected chi connectivity index (χ1v) is 13.0. The van der Waals surface area contributed by atoms with Crippen LogP contribution in [0.25, 0.3) is 6.08 Å². The van der Waals surface area contributed by atoms with Crippen molar-refractivity contribution in [1.82, 2.24) is 4.90 Å². The van der Waals surface area contributed by atoms with Gasteiger partial charge in [-0.2, -0.15) is 8.42 Å². The van der Waals surface area contributed by atoms with E-state index in [1.807, 2.05) is 30.0 Å². The monoisotopic (exact) mass is 510 g/mol. The number of rotatable bonds is 5. The maximum absolute atomic E-state index is 13.0. The highest BCUT2D eigenvalue weighted by Gasteiger charge is 2.27. The number of nitrogens with zero attached hydrogens (tertiary/aromatic N) is 2. The number of para-hydroxylation sites is 1. The highest BCUT2D eigenvalue weighted by atomic mass is 32.2. The van der Waals surface area contributed by atoms with Crippen molar-refractivity contribution >= 4 is 27.8 Å². The van der Waals surface area contributed by atoms with E-state index in [1.54, 1.807) is 36.4 Å². The molecule has 190 valence electrons. The number of hydrogen-bond donors (Lipinski definition) is 1. The Morgan fingerprint density at radius 3 is 2.31 bits per heavy atom. The highest BCUT2D eigenvalue weighted by Crippen LogP contribution is 2.30. The molecular weight excluding hydrogens is 479 g/mol. The van der Waals surface area contributed by atoms with Gasteiger partial charge in [-0.1, -0.05) is 48.0 Å². The van der Waals surface area contributed by atoms with E-state index in [0.717, 1.165) is 29.8 Å². The van der Waals surface area contributed by atoms with Crippen LogP contribution in [0.5, 0.6) is 0 Å². The van der Waals surface area contributed by atoms with E-state index in [0.29, 0.717) is 12.5 Å². The van der Waals surface area contributed by atoms with Gasteiger partial charge < -0.3 is 9.80 Å². The second-order valence-electron chi connectivity index (χ2n) is 9.08. The van der Waals surface area contributed by atoms with E-state index < -0.39 is 10.1 Å². The van der Waals surface area contributed by atoms with Gasteiger partial charge in [0.15, 0.2) is 0 Å². The zero-order valence-corrected chi connectivity index (χ0v) is 21.5. The molecule has 3 aromatic carbocycles.